The van der Waals surface area contributed by atoms with Gasteiger partial charge in [0.2, 0.25) is 5.75 Å². The molecular weight excluding hydrogens is 338 g/mol. The Morgan fingerprint density at radius 1 is 1.33 bits per heavy atom. The van der Waals surface area contributed by atoms with Crippen LogP contribution in [0.3, 0.4) is 0 Å². The van der Waals surface area contributed by atoms with E-state index >= 15 is 0 Å². The van der Waals surface area contributed by atoms with Crippen molar-refractivity contribution < 1.29 is 19.1 Å². The third-order valence-corrected chi connectivity index (χ3v) is 3.97. The molecule has 1 aromatic carbocycles. The molecule has 0 radical (unpaired) electrons. The molecule has 0 spiro atoms. The third kappa shape index (κ3) is 5.48. The molecule has 1 aliphatic rings. The highest BCUT2D eigenvalue weighted by Crippen LogP contribution is 2.37. The number of nitrogens with one attached hydrogen (secondary N) is 1. The molecule has 1 aromatic rings. The van der Waals surface area contributed by atoms with Crippen LogP contribution in [0.5, 0.6) is 11.5 Å². The van der Waals surface area contributed by atoms with Crippen molar-refractivity contribution in [3.8, 4) is 11.5 Å². The van der Waals surface area contributed by atoms with Gasteiger partial charge in [0.25, 0.3) is 0 Å². The summed E-state index contributed by atoms with van der Waals surface area (Å²) in [7, 11) is 1.37. The van der Waals surface area contributed by atoms with Crippen molar-refractivity contribution in [3.05, 3.63) is 27.3 Å². The van der Waals surface area contributed by atoms with Crippen molar-refractivity contribution in [1.82, 2.24) is 10.2 Å². The van der Waals surface area contributed by atoms with Gasteiger partial charge in [-0.05, 0) is 0 Å². The number of methoxy groups -OCH3 is 1. The highest BCUT2D eigenvalue weighted by molar-refractivity contribution is 6.32. The second-order valence-electron chi connectivity index (χ2n) is 5.26. The standard InChI is InChI=1S/C15H22ClN3O5/c1-22-15-11-14(12(16)10-13(15)19(20)21)24-7-3-17-2-4-18-5-8-23-9-6-18/h10-11,17H,2-9H2,1H3. The van der Waals surface area contributed by atoms with Crippen molar-refractivity contribution in [2.24, 2.45) is 0 Å². The van der Waals surface area contributed by atoms with Crippen LogP contribution in [0.4, 0.5) is 5.69 Å². The summed E-state index contributed by atoms with van der Waals surface area (Å²) in [5, 5.41) is 14.4. The lowest BCUT2D eigenvalue weighted by Crippen LogP contribution is -2.40. The second kappa shape index (κ2) is 9.63. The zero-order chi connectivity index (χ0) is 17.4. The summed E-state index contributed by atoms with van der Waals surface area (Å²) in [6, 6.07) is 2.68. The first kappa shape index (κ1) is 18.7. The van der Waals surface area contributed by atoms with E-state index in [0.717, 1.165) is 39.4 Å². The molecule has 0 saturated carbocycles. The van der Waals surface area contributed by atoms with Crippen LogP contribution < -0.4 is 14.8 Å². The number of nitro groups is 1. The molecule has 1 heterocycles. The second-order valence-corrected chi connectivity index (χ2v) is 5.67. The quantitative estimate of drug-likeness (QED) is 0.406. The number of rotatable bonds is 9. The monoisotopic (exact) mass is 359 g/mol. The van der Waals surface area contributed by atoms with Crippen LogP contribution in [0.15, 0.2) is 12.1 Å². The summed E-state index contributed by atoms with van der Waals surface area (Å²) >= 11 is 6.02. The summed E-state index contributed by atoms with van der Waals surface area (Å²) in [5.74, 6) is 0.494. The van der Waals surface area contributed by atoms with Gasteiger partial charge in [0.1, 0.15) is 12.4 Å². The van der Waals surface area contributed by atoms with Gasteiger partial charge >= 0.3 is 5.69 Å². The van der Waals surface area contributed by atoms with E-state index in [1.165, 1.54) is 19.2 Å². The molecule has 0 unspecified atom stereocenters. The third-order valence-electron chi connectivity index (χ3n) is 3.67. The molecule has 24 heavy (non-hydrogen) atoms. The molecule has 0 atom stereocenters. The Bertz CT molecular complexity index is 552. The normalized spacial score (nSPS) is 15.2. The zero-order valence-electron chi connectivity index (χ0n) is 13.6. The maximum atomic E-state index is 10.9. The number of halogens is 1. The van der Waals surface area contributed by atoms with Crippen LogP contribution in [0, 0.1) is 10.1 Å². The van der Waals surface area contributed by atoms with Crippen molar-refractivity contribution in [2.75, 3.05) is 59.7 Å². The van der Waals surface area contributed by atoms with Crippen molar-refractivity contribution in [2.45, 2.75) is 0 Å². The summed E-state index contributed by atoms with van der Waals surface area (Å²) in [6.07, 6.45) is 0. The first-order valence-corrected chi connectivity index (χ1v) is 8.15. The Balaban J connectivity index is 1.72. The van der Waals surface area contributed by atoms with Gasteiger partial charge in [-0.3, -0.25) is 15.0 Å². The van der Waals surface area contributed by atoms with Gasteiger partial charge < -0.3 is 19.5 Å². The fraction of sp³-hybridized carbons (Fsp3) is 0.600. The van der Waals surface area contributed by atoms with Gasteiger partial charge in [0, 0.05) is 44.9 Å². The number of morpholine rings is 1. The Kier molecular flexibility index (Phi) is 7.51. The largest absolute Gasteiger partial charge is 0.491 e. The van der Waals surface area contributed by atoms with Crippen LogP contribution in [-0.4, -0.2) is 69.5 Å². The van der Waals surface area contributed by atoms with Gasteiger partial charge in [-0.15, -0.1) is 0 Å². The van der Waals surface area contributed by atoms with Crippen molar-refractivity contribution in [1.29, 1.82) is 0 Å². The smallest absolute Gasteiger partial charge is 0.312 e. The Hall–Kier alpha value is -1.61. The van der Waals surface area contributed by atoms with Gasteiger partial charge in [0.05, 0.1) is 30.3 Å². The zero-order valence-corrected chi connectivity index (χ0v) is 14.4. The molecule has 1 N–H and O–H groups in total. The molecule has 0 amide bonds. The molecule has 134 valence electrons. The van der Waals surface area contributed by atoms with Crippen molar-refractivity contribution >= 4 is 17.3 Å². The Morgan fingerprint density at radius 3 is 2.75 bits per heavy atom. The lowest BCUT2D eigenvalue weighted by atomic mass is 10.3. The van der Waals surface area contributed by atoms with Crippen LogP contribution in [0.2, 0.25) is 5.02 Å². The maximum absolute atomic E-state index is 10.9. The molecule has 1 aliphatic heterocycles. The van der Waals surface area contributed by atoms with Gasteiger partial charge in [0.15, 0.2) is 0 Å². The van der Waals surface area contributed by atoms with E-state index in [9.17, 15) is 10.1 Å². The average molecular weight is 360 g/mol. The van der Waals surface area contributed by atoms with Gasteiger partial charge in [-0.1, -0.05) is 11.6 Å². The molecule has 0 aromatic heterocycles. The van der Waals surface area contributed by atoms with E-state index in [1.807, 2.05) is 0 Å². The summed E-state index contributed by atoms with van der Waals surface area (Å²) in [4.78, 5) is 12.7. The lowest BCUT2D eigenvalue weighted by Gasteiger charge is -2.26. The molecule has 2 rings (SSSR count). The minimum atomic E-state index is -0.540. The minimum absolute atomic E-state index is 0.125. The molecular formula is C15H22ClN3O5. The Labute approximate surface area is 145 Å². The minimum Gasteiger partial charge on any atom is -0.491 e. The van der Waals surface area contributed by atoms with Crippen LogP contribution in [0.25, 0.3) is 0 Å². The number of hydrogen-bond acceptors (Lipinski definition) is 7. The van der Waals surface area contributed by atoms with Gasteiger partial charge in [-0.25, -0.2) is 0 Å². The highest BCUT2D eigenvalue weighted by Gasteiger charge is 2.19. The number of ether oxygens (including phenoxy) is 3. The van der Waals surface area contributed by atoms with E-state index in [2.05, 4.69) is 10.2 Å². The fourth-order valence-electron chi connectivity index (χ4n) is 2.36. The van der Waals surface area contributed by atoms with E-state index in [4.69, 9.17) is 25.8 Å². The SMILES string of the molecule is COc1cc(OCCNCCN2CCOCC2)c(Cl)cc1[N+](=O)[O-]. The number of benzene rings is 1. The first-order valence-electron chi connectivity index (χ1n) is 7.77. The summed E-state index contributed by atoms with van der Waals surface area (Å²) in [6.45, 7) is 6.42. The Morgan fingerprint density at radius 2 is 2.08 bits per heavy atom. The van der Waals surface area contributed by atoms with Crippen LogP contribution in [0.1, 0.15) is 0 Å². The predicted octanol–water partition coefficient (Wildman–Crippen LogP) is 1.56. The van der Waals surface area contributed by atoms with Crippen LogP contribution >= 0.6 is 11.6 Å². The van der Waals surface area contributed by atoms with E-state index in [-0.39, 0.29) is 16.5 Å². The molecule has 1 saturated heterocycles. The summed E-state index contributed by atoms with van der Waals surface area (Å²) < 4.78 is 15.9. The van der Waals surface area contributed by atoms with Crippen molar-refractivity contribution in [3.63, 3.8) is 0 Å². The highest BCUT2D eigenvalue weighted by atomic mass is 35.5. The molecule has 0 aliphatic carbocycles. The fourth-order valence-corrected chi connectivity index (χ4v) is 2.57. The van der Waals surface area contributed by atoms with E-state index in [0.29, 0.717) is 18.9 Å². The predicted molar refractivity (Wildman–Crippen MR) is 90.3 cm³/mol. The topological polar surface area (TPSA) is 86.1 Å². The number of nitrogens with zero attached hydrogens (tertiary/aromatic N) is 2. The molecule has 8 nitrogen and oxygen atoms in total. The molecule has 0 bridgehead atoms. The lowest BCUT2D eigenvalue weighted by molar-refractivity contribution is -0.385. The van der Waals surface area contributed by atoms with E-state index in [1.54, 1.807) is 0 Å². The first-order chi connectivity index (χ1) is 11.6. The summed E-state index contributed by atoms with van der Waals surface area (Å²) in [5.41, 5.74) is -0.182. The van der Waals surface area contributed by atoms with Gasteiger partial charge in [-0.2, -0.15) is 0 Å². The average Bonchev–Trinajstić information content (AvgIpc) is 2.59. The number of hydrogen-bond donors (Lipinski definition) is 1. The number of nitro benzene ring substituents is 1. The molecule has 1 fully saturated rings. The molecule has 9 heteroatoms. The van der Waals surface area contributed by atoms with E-state index < -0.39 is 4.92 Å². The maximum Gasteiger partial charge on any atom is 0.312 e. The van der Waals surface area contributed by atoms with Crippen LogP contribution in [-0.2, 0) is 4.74 Å².